The molecule has 2 rings (SSSR count). The molecular weight excluding hydrogens is 298 g/mol. The Labute approximate surface area is 133 Å². The number of H-pyrrole nitrogens is 1. The highest BCUT2D eigenvalue weighted by Crippen LogP contribution is 1.94. The van der Waals surface area contributed by atoms with Gasteiger partial charge in [-0.25, -0.2) is 9.78 Å². The van der Waals surface area contributed by atoms with Crippen LogP contribution in [-0.2, 0) is 6.54 Å². The van der Waals surface area contributed by atoms with Gasteiger partial charge in [-0.1, -0.05) is 0 Å². The zero-order valence-electron chi connectivity index (χ0n) is 13.0. The Hall–Kier alpha value is -2.84. The van der Waals surface area contributed by atoms with Gasteiger partial charge in [0.25, 0.3) is 5.56 Å². The minimum atomic E-state index is -0.224. The van der Waals surface area contributed by atoms with Crippen LogP contribution in [0.2, 0.25) is 0 Å². The molecule has 23 heavy (non-hydrogen) atoms. The van der Waals surface area contributed by atoms with Crippen LogP contribution in [0.4, 0.5) is 10.7 Å². The Morgan fingerprint density at radius 3 is 2.87 bits per heavy atom. The summed E-state index contributed by atoms with van der Waals surface area (Å²) < 4.78 is 1.82. The van der Waals surface area contributed by atoms with Crippen molar-refractivity contribution in [2.45, 2.75) is 19.9 Å². The Morgan fingerprint density at radius 1 is 1.30 bits per heavy atom. The van der Waals surface area contributed by atoms with E-state index in [0.29, 0.717) is 31.3 Å². The lowest BCUT2D eigenvalue weighted by atomic mass is 10.4. The summed E-state index contributed by atoms with van der Waals surface area (Å²) in [6.45, 7) is 3.97. The molecule has 0 aromatic carbocycles. The third-order valence-corrected chi connectivity index (χ3v) is 2.98. The van der Waals surface area contributed by atoms with Crippen molar-refractivity contribution in [1.29, 1.82) is 0 Å². The molecule has 9 nitrogen and oxygen atoms in total. The molecule has 124 valence electrons. The van der Waals surface area contributed by atoms with Gasteiger partial charge >= 0.3 is 6.03 Å². The van der Waals surface area contributed by atoms with Gasteiger partial charge in [-0.05, 0) is 19.4 Å². The van der Waals surface area contributed by atoms with Crippen molar-refractivity contribution in [2.24, 2.45) is 0 Å². The van der Waals surface area contributed by atoms with Gasteiger partial charge in [-0.3, -0.25) is 14.5 Å². The van der Waals surface area contributed by atoms with E-state index in [4.69, 9.17) is 0 Å². The molecule has 0 radical (unpaired) electrons. The fourth-order valence-corrected chi connectivity index (χ4v) is 1.96. The molecule has 2 amide bonds. The number of aromatic amines is 1. The number of amides is 2. The number of urea groups is 1. The van der Waals surface area contributed by atoms with E-state index in [1.807, 2.05) is 16.9 Å². The van der Waals surface area contributed by atoms with Crippen LogP contribution in [-0.4, -0.2) is 45.4 Å². The van der Waals surface area contributed by atoms with E-state index in [0.717, 1.165) is 13.0 Å². The molecule has 0 aliphatic rings. The smallest absolute Gasteiger partial charge is 0.314 e. The summed E-state index contributed by atoms with van der Waals surface area (Å²) in [7, 11) is 0. The average molecular weight is 319 g/mol. The first-order valence-electron chi connectivity index (χ1n) is 7.44. The maximum absolute atomic E-state index is 11.6. The van der Waals surface area contributed by atoms with Gasteiger partial charge in [-0.15, -0.1) is 0 Å². The second kappa shape index (κ2) is 8.57. The van der Waals surface area contributed by atoms with Crippen LogP contribution >= 0.6 is 0 Å². The van der Waals surface area contributed by atoms with Crippen LogP contribution in [0.3, 0.4) is 0 Å². The van der Waals surface area contributed by atoms with Gasteiger partial charge in [0.1, 0.15) is 0 Å². The second-order valence-corrected chi connectivity index (χ2v) is 4.97. The molecule has 4 N–H and O–H groups in total. The van der Waals surface area contributed by atoms with Crippen molar-refractivity contribution < 1.29 is 4.79 Å². The molecule has 9 heteroatoms. The van der Waals surface area contributed by atoms with Gasteiger partial charge in [0.2, 0.25) is 5.95 Å². The average Bonchev–Trinajstić information content (AvgIpc) is 3.00. The molecule has 0 aliphatic carbocycles. The molecule has 0 bridgehead atoms. The van der Waals surface area contributed by atoms with Crippen molar-refractivity contribution in [3.63, 3.8) is 0 Å². The zero-order chi connectivity index (χ0) is 16.5. The summed E-state index contributed by atoms with van der Waals surface area (Å²) >= 11 is 0. The lowest BCUT2D eigenvalue weighted by molar-refractivity contribution is 0.241. The Kier molecular flexibility index (Phi) is 6.16. The number of aromatic nitrogens is 4. The number of carbonyl (C=O) groups excluding carboxylic acids is 1. The van der Waals surface area contributed by atoms with Crippen molar-refractivity contribution in [3.05, 3.63) is 40.6 Å². The van der Waals surface area contributed by atoms with Crippen molar-refractivity contribution in [1.82, 2.24) is 30.4 Å². The number of rotatable bonds is 8. The molecule has 0 saturated carbocycles. The van der Waals surface area contributed by atoms with E-state index in [9.17, 15) is 9.59 Å². The van der Waals surface area contributed by atoms with Crippen LogP contribution in [0, 0.1) is 6.92 Å². The number of nitrogens with zero attached hydrogens (tertiary/aromatic N) is 3. The molecule has 0 saturated heterocycles. The normalized spacial score (nSPS) is 10.3. The molecule has 0 aliphatic heterocycles. The zero-order valence-corrected chi connectivity index (χ0v) is 13.0. The number of hydrogen-bond donors (Lipinski definition) is 4. The fraction of sp³-hybridized carbons (Fsp3) is 0.429. The van der Waals surface area contributed by atoms with Crippen LogP contribution in [0.1, 0.15) is 12.1 Å². The summed E-state index contributed by atoms with van der Waals surface area (Å²) in [5.41, 5.74) is 0.432. The highest BCUT2D eigenvalue weighted by Gasteiger charge is 2.00. The largest absolute Gasteiger partial charge is 0.354 e. The van der Waals surface area contributed by atoms with Crippen molar-refractivity contribution in [2.75, 3.05) is 25.0 Å². The number of hydrogen-bond acceptors (Lipinski definition) is 5. The fourth-order valence-electron chi connectivity index (χ4n) is 1.96. The van der Waals surface area contributed by atoms with Gasteiger partial charge in [0, 0.05) is 50.3 Å². The third kappa shape index (κ3) is 6.20. The number of anilines is 1. The van der Waals surface area contributed by atoms with Crippen molar-refractivity contribution >= 4 is 12.0 Å². The maximum atomic E-state index is 11.6. The van der Waals surface area contributed by atoms with E-state index >= 15 is 0 Å². The monoisotopic (exact) mass is 319 g/mol. The Morgan fingerprint density at radius 2 is 2.13 bits per heavy atom. The molecule has 0 spiro atoms. The standard InChI is InChI=1S/C14H21N7O2/c1-11-10-12(22)20-13(19-11)15-6-7-17-14(23)16-4-2-8-21-9-3-5-18-21/h3,5,9-10H,2,4,6-8H2,1H3,(H2,16,17,23)(H2,15,19,20,22). The third-order valence-electron chi connectivity index (χ3n) is 2.98. The Balaban J connectivity index is 1.55. The van der Waals surface area contributed by atoms with E-state index in [2.05, 4.69) is 31.0 Å². The van der Waals surface area contributed by atoms with E-state index in [1.165, 1.54) is 6.07 Å². The first kappa shape index (κ1) is 16.5. The minimum Gasteiger partial charge on any atom is -0.354 e. The summed E-state index contributed by atoms with van der Waals surface area (Å²) in [5, 5.41) is 12.5. The quantitative estimate of drug-likeness (QED) is 0.514. The summed E-state index contributed by atoms with van der Waals surface area (Å²) in [6, 6.07) is 3.06. The predicted molar refractivity (Wildman–Crippen MR) is 86.3 cm³/mol. The van der Waals surface area contributed by atoms with E-state index in [-0.39, 0.29) is 11.6 Å². The summed E-state index contributed by atoms with van der Waals surface area (Å²) in [6.07, 6.45) is 4.42. The number of carbonyl (C=O) groups is 1. The molecule has 2 aromatic heterocycles. The lowest BCUT2D eigenvalue weighted by Crippen LogP contribution is -2.38. The van der Waals surface area contributed by atoms with E-state index in [1.54, 1.807) is 13.1 Å². The van der Waals surface area contributed by atoms with Gasteiger partial charge in [0.05, 0.1) is 0 Å². The highest BCUT2D eigenvalue weighted by molar-refractivity contribution is 5.73. The molecule has 0 atom stereocenters. The number of aryl methyl sites for hydroxylation is 2. The minimum absolute atomic E-state index is 0.206. The van der Waals surface area contributed by atoms with Gasteiger partial charge in [0.15, 0.2) is 0 Å². The van der Waals surface area contributed by atoms with E-state index < -0.39 is 0 Å². The first-order valence-corrected chi connectivity index (χ1v) is 7.44. The van der Waals surface area contributed by atoms with Crippen LogP contribution in [0.25, 0.3) is 0 Å². The molecule has 2 heterocycles. The summed E-state index contributed by atoms with van der Waals surface area (Å²) in [4.78, 5) is 29.6. The van der Waals surface area contributed by atoms with Gasteiger partial charge < -0.3 is 16.0 Å². The topological polar surface area (TPSA) is 117 Å². The first-order chi connectivity index (χ1) is 11.1. The number of nitrogens with one attached hydrogen (secondary N) is 4. The Bertz CT molecular complexity index is 666. The molecule has 2 aromatic rings. The van der Waals surface area contributed by atoms with Crippen molar-refractivity contribution in [3.8, 4) is 0 Å². The maximum Gasteiger partial charge on any atom is 0.314 e. The summed E-state index contributed by atoms with van der Waals surface area (Å²) in [5.74, 6) is 0.399. The SMILES string of the molecule is Cc1cc(=O)[nH]c(NCCNC(=O)NCCCn2cccn2)n1. The highest BCUT2D eigenvalue weighted by atomic mass is 16.2. The van der Waals surface area contributed by atoms with Crippen LogP contribution in [0.15, 0.2) is 29.3 Å². The molecule has 0 fully saturated rings. The predicted octanol–water partition coefficient (Wildman–Crippen LogP) is 0.0762. The molecule has 0 unspecified atom stereocenters. The lowest BCUT2D eigenvalue weighted by Gasteiger charge is -2.09. The molecular formula is C14H21N7O2. The van der Waals surface area contributed by atoms with Gasteiger partial charge in [-0.2, -0.15) is 5.10 Å². The van der Waals surface area contributed by atoms with Crippen LogP contribution < -0.4 is 21.5 Å². The second-order valence-electron chi connectivity index (χ2n) is 4.97. The van der Waals surface area contributed by atoms with Crippen LogP contribution in [0.5, 0.6) is 0 Å².